The molecule has 0 aromatic heterocycles. The number of sulfonamides is 1. The van der Waals surface area contributed by atoms with Gasteiger partial charge in [0.1, 0.15) is 0 Å². The van der Waals surface area contributed by atoms with Crippen LogP contribution in [0.3, 0.4) is 0 Å². The summed E-state index contributed by atoms with van der Waals surface area (Å²) in [4.78, 5) is 0.268. The Kier molecular flexibility index (Phi) is 3.77. The summed E-state index contributed by atoms with van der Waals surface area (Å²) in [5.41, 5.74) is 1.58. The molecular weight excluding hydrogens is 272 g/mol. The van der Waals surface area contributed by atoms with Crippen LogP contribution in [0, 0.1) is 18.3 Å². The van der Waals surface area contributed by atoms with Crippen molar-refractivity contribution in [3.8, 4) is 6.07 Å². The minimum Gasteiger partial charge on any atom is -0.269 e. The van der Waals surface area contributed by atoms with Gasteiger partial charge in [-0.1, -0.05) is 24.3 Å². The number of aryl methyl sites for hydroxylation is 1. The Morgan fingerprint density at radius 2 is 1.80 bits per heavy atom. The molecule has 0 bridgehead atoms. The molecule has 0 heterocycles. The van der Waals surface area contributed by atoms with Crippen molar-refractivity contribution in [3.63, 3.8) is 0 Å². The fourth-order valence-corrected chi connectivity index (χ4v) is 3.32. The predicted molar refractivity (Wildman–Crippen MR) is 77.9 cm³/mol. The third-order valence-corrected chi connectivity index (χ3v) is 5.02. The topological polar surface area (TPSA) is 61.2 Å². The van der Waals surface area contributed by atoms with Crippen LogP contribution in [0.1, 0.15) is 11.1 Å². The highest BCUT2D eigenvalue weighted by Gasteiger charge is 2.22. The minimum atomic E-state index is -3.62. The second-order valence-electron chi connectivity index (χ2n) is 4.40. The van der Waals surface area contributed by atoms with E-state index in [0.29, 0.717) is 16.8 Å². The molecule has 0 fully saturated rings. The van der Waals surface area contributed by atoms with Crippen LogP contribution in [0.4, 0.5) is 5.69 Å². The maximum Gasteiger partial charge on any atom is 0.264 e. The van der Waals surface area contributed by atoms with E-state index in [1.54, 1.807) is 55.5 Å². The summed E-state index contributed by atoms with van der Waals surface area (Å²) in [6.45, 7) is 1.76. The largest absolute Gasteiger partial charge is 0.269 e. The van der Waals surface area contributed by atoms with Gasteiger partial charge in [-0.05, 0) is 36.8 Å². The zero-order chi connectivity index (χ0) is 14.8. The summed E-state index contributed by atoms with van der Waals surface area (Å²) >= 11 is 0. The van der Waals surface area contributed by atoms with Crippen LogP contribution >= 0.6 is 0 Å². The smallest absolute Gasteiger partial charge is 0.264 e. The number of hydrogen-bond donors (Lipinski definition) is 0. The van der Waals surface area contributed by atoms with E-state index in [9.17, 15) is 8.42 Å². The number of rotatable bonds is 3. The van der Waals surface area contributed by atoms with E-state index in [1.165, 1.54) is 11.4 Å². The first-order valence-corrected chi connectivity index (χ1v) is 7.45. The molecule has 0 N–H and O–H groups in total. The van der Waals surface area contributed by atoms with Gasteiger partial charge in [-0.3, -0.25) is 4.31 Å². The normalized spacial score (nSPS) is 10.8. The maximum absolute atomic E-state index is 12.6. The summed E-state index contributed by atoms with van der Waals surface area (Å²) in [5, 5.41) is 8.89. The molecule has 0 radical (unpaired) electrons. The van der Waals surface area contributed by atoms with Crippen molar-refractivity contribution in [2.24, 2.45) is 0 Å². The molecular formula is C15H14N2O2S. The molecule has 0 amide bonds. The maximum atomic E-state index is 12.6. The lowest BCUT2D eigenvalue weighted by atomic mass is 10.2. The van der Waals surface area contributed by atoms with Crippen LogP contribution in [0.2, 0.25) is 0 Å². The van der Waals surface area contributed by atoms with Crippen LogP contribution in [0.15, 0.2) is 53.4 Å². The molecule has 0 saturated carbocycles. The molecule has 20 heavy (non-hydrogen) atoms. The van der Waals surface area contributed by atoms with Crippen molar-refractivity contribution >= 4 is 15.7 Å². The van der Waals surface area contributed by atoms with Crippen molar-refractivity contribution in [2.45, 2.75) is 11.8 Å². The lowest BCUT2D eigenvalue weighted by Gasteiger charge is -2.20. The van der Waals surface area contributed by atoms with Crippen LogP contribution in [0.25, 0.3) is 0 Å². The van der Waals surface area contributed by atoms with E-state index in [2.05, 4.69) is 0 Å². The van der Waals surface area contributed by atoms with Crippen molar-refractivity contribution < 1.29 is 8.42 Å². The molecule has 0 aliphatic heterocycles. The Morgan fingerprint density at radius 3 is 2.45 bits per heavy atom. The number of nitrogens with zero attached hydrogens (tertiary/aromatic N) is 2. The standard InChI is InChI=1S/C15H14N2O2S/c1-12-6-3-4-9-15(12)20(18,19)17(2)14-8-5-7-13(10-14)11-16/h3-10H,1-2H3. The van der Waals surface area contributed by atoms with Gasteiger partial charge in [0.2, 0.25) is 0 Å². The first-order chi connectivity index (χ1) is 9.46. The van der Waals surface area contributed by atoms with Crippen molar-refractivity contribution in [1.82, 2.24) is 0 Å². The van der Waals surface area contributed by atoms with Gasteiger partial charge in [0.15, 0.2) is 0 Å². The Labute approximate surface area is 118 Å². The van der Waals surface area contributed by atoms with E-state index in [-0.39, 0.29) is 4.90 Å². The van der Waals surface area contributed by atoms with Gasteiger partial charge in [0, 0.05) is 7.05 Å². The number of benzene rings is 2. The molecule has 0 atom stereocenters. The van der Waals surface area contributed by atoms with Crippen molar-refractivity contribution in [3.05, 3.63) is 59.7 Å². The first kappa shape index (κ1) is 14.1. The van der Waals surface area contributed by atoms with Gasteiger partial charge in [-0.15, -0.1) is 0 Å². The van der Waals surface area contributed by atoms with Crippen LogP contribution in [-0.2, 0) is 10.0 Å². The van der Waals surface area contributed by atoms with E-state index in [4.69, 9.17) is 5.26 Å². The molecule has 0 spiro atoms. The monoisotopic (exact) mass is 286 g/mol. The average Bonchev–Trinajstić information content (AvgIpc) is 2.46. The van der Waals surface area contributed by atoms with E-state index >= 15 is 0 Å². The Balaban J connectivity index is 2.49. The molecule has 4 nitrogen and oxygen atoms in total. The molecule has 0 saturated heterocycles. The fraction of sp³-hybridized carbons (Fsp3) is 0.133. The molecule has 5 heteroatoms. The van der Waals surface area contributed by atoms with Crippen LogP contribution in [-0.4, -0.2) is 15.5 Å². The average molecular weight is 286 g/mol. The quantitative estimate of drug-likeness (QED) is 0.871. The third-order valence-electron chi connectivity index (χ3n) is 3.07. The van der Waals surface area contributed by atoms with Crippen LogP contribution < -0.4 is 4.31 Å². The minimum absolute atomic E-state index is 0.268. The molecule has 2 aromatic carbocycles. The summed E-state index contributed by atoms with van der Waals surface area (Å²) in [6, 6.07) is 15.3. The zero-order valence-electron chi connectivity index (χ0n) is 11.2. The Morgan fingerprint density at radius 1 is 1.10 bits per heavy atom. The molecule has 0 aliphatic carbocycles. The highest BCUT2D eigenvalue weighted by molar-refractivity contribution is 7.92. The fourth-order valence-electron chi connectivity index (χ4n) is 1.90. The van der Waals surface area contributed by atoms with Gasteiger partial charge in [-0.25, -0.2) is 8.42 Å². The molecule has 102 valence electrons. The van der Waals surface area contributed by atoms with E-state index in [1.807, 2.05) is 6.07 Å². The summed E-state index contributed by atoms with van der Waals surface area (Å²) in [5.74, 6) is 0. The third kappa shape index (κ3) is 2.51. The van der Waals surface area contributed by atoms with E-state index < -0.39 is 10.0 Å². The number of anilines is 1. The van der Waals surface area contributed by atoms with Crippen molar-refractivity contribution in [1.29, 1.82) is 5.26 Å². The highest BCUT2D eigenvalue weighted by Crippen LogP contribution is 2.24. The first-order valence-electron chi connectivity index (χ1n) is 6.01. The number of nitriles is 1. The summed E-state index contributed by atoms with van der Waals surface area (Å²) < 4.78 is 26.4. The Bertz CT molecular complexity index is 776. The highest BCUT2D eigenvalue weighted by atomic mass is 32.2. The SMILES string of the molecule is Cc1ccccc1S(=O)(=O)N(C)c1cccc(C#N)c1. The summed E-state index contributed by atoms with van der Waals surface area (Å²) in [6.07, 6.45) is 0. The Hall–Kier alpha value is -2.32. The number of hydrogen-bond acceptors (Lipinski definition) is 3. The lowest BCUT2D eigenvalue weighted by molar-refractivity contribution is 0.594. The van der Waals surface area contributed by atoms with E-state index in [0.717, 1.165) is 0 Å². The zero-order valence-corrected chi connectivity index (χ0v) is 12.1. The van der Waals surface area contributed by atoms with Crippen molar-refractivity contribution in [2.75, 3.05) is 11.4 Å². The van der Waals surface area contributed by atoms with Gasteiger partial charge in [0.25, 0.3) is 10.0 Å². The molecule has 0 unspecified atom stereocenters. The second-order valence-corrected chi connectivity index (χ2v) is 6.34. The van der Waals surface area contributed by atoms with Gasteiger partial charge in [-0.2, -0.15) is 5.26 Å². The molecule has 2 rings (SSSR count). The second kappa shape index (κ2) is 5.35. The molecule has 0 aliphatic rings. The van der Waals surface area contributed by atoms with Crippen LogP contribution in [0.5, 0.6) is 0 Å². The predicted octanol–water partition coefficient (Wildman–Crippen LogP) is 2.69. The van der Waals surface area contributed by atoms with Gasteiger partial charge >= 0.3 is 0 Å². The van der Waals surface area contributed by atoms with Gasteiger partial charge < -0.3 is 0 Å². The summed E-state index contributed by atoms with van der Waals surface area (Å²) in [7, 11) is -2.14. The lowest BCUT2D eigenvalue weighted by Crippen LogP contribution is -2.27. The van der Waals surface area contributed by atoms with Gasteiger partial charge in [0.05, 0.1) is 22.2 Å². The molecule has 2 aromatic rings.